The molecule has 3 fully saturated rings. The van der Waals surface area contributed by atoms with E-state index in [2.05, 4.69) is 6.58 Å². The molecule has 4 unspecified atom stereocenters. The molecule has 22 heavy (non-hydrogen) atoms. The van der Waals surface area contributed by atoms with Crippen LogP contribution in [0.1, 0.15) is 46.0 Å². The smallest absolute Gasteiger partial charge is 0.335 e. The Balaban J connectivity index is 1.73. The lowest BCUT2D eigenvalue weighted by molar-refractivity contribution is -0.203. The minimum Gasteiger partial charge on any atom is -0.431 e. The van der Waals surface area contributed by atoms with E-state index in [0.29, 0.717) is 12.2 Å². The van der Waals surface area contributed by atoms with Crippen LogP contribution in [0, 0.1) is 0 Å². The average molecular weight is 344 g/mol. The fourth-order valence-electron chi connectivity index (χ4n) is 3.29. The largest absolute Gasteiger partial charge is 0.431 e. The third-order valence-corrected chi connectivity index (χ3v) is 8.35. The monoisotopic (exact) mass is 344 g/mol. The van der Waals surface area contributed by atoms with Gasteiger partial charge in [-0.05, 0) is 26.7 Å². The molecule has 2 aliphatic heterocycles. The molecule has 0 amide bonds. The summed E-state index contributed by atoms with van der Waals surface area (Å²) in [6.07, 6.45) is 5.56. The maximum atomic E-state index is 11.9. The van der Waals surface area contributed by atoms with E-state index in [4.69, 9.17) is 14.2 Å². The lowest BCUT2D eigenvalue weighted by atomic mass is 10.00. The van der Waals surface area contributed by atoms with Crippen molar-refractivity contribution >= 4 is 29.5 Å². The zero-order chi connectivity index (χ0) is 15.7. The number of thioether (sulfide) groups is 2. The Bertz CT molecular complexity index is 447. The van der Waals surface area contributed by atoms with Gasteiger partial charge < -0.3 is 14.2 Å². The Hall–Kier alpha value is -0.170. The number of carbonyl (C=O) groups excluding carboxylic acids is 1. The molecule has 3 aliphatic rings. The summed E-state index contributed by atoms with van der Waals surface area (Å²) in [6.45, 7) is 7.88. The van der Waals surface area contributed by atoms with Crippen LogP contribution in [0.15, 0.2) is 12.2 Å². The summed E-state index contributed by atoms with van der Waals surface area (Å²) in [5.41, 5.74) is 0.406. The Morgan fingerprint density at radius 3 is 2.45 bits per heavy atom. The number of rotatable bonds is 4. The van der Waals surface area contributed by atoms with Crippen molar-refractivity contribution in [2.75, 3.05) is 6.61 Å². The number of fused-ring (bicyclic) bond motifs is 1. The highest BCUT2D eigenvalue weighted by molar-refractivity contribution is 8.22. The molecule has 0 N–H and O–H groups in total. The topological polar surface area (TPSA) is 44.8 Å². The summed E-state index contributed by atoms with van der Waals surface area (Å²) in [6, 6.07) is 0. The molecule has 0 aromatic rings. The molecule has 0 radical (unpaired) electrons. The molecule has 3 rings (SSSR count). The van der Waals surface area contributed by atoms with Crippen molar-refractivity contribution in [1.29, 1.82) is 0 Å². The van der Waals surface area contributed by atoms with Crippen LogP contribution in [0.5, 0.6) is 0 Å². The van der Waals surface area contributed by atoms with Crippen molar-refractivity contribution in [2.24, 2.45) is 0 Å². The van der Waals surface area contributed by atoms with Crippen LogP contribution in [-0.4, -0.2) is 39.7 Å². The van der Waals surface area contributed by atoms with Gasteiger partial charge in [-0.25, -0.2) is 4.79 Å². The van der Waals surface area contributed by atoms with Crippen LogP contribution in [0.4, 0.5) is 0 Å². The summed E-state index contributed by atoms with van der Waals surface area (Å²) in [7, 11) is 0. The van der Waals surface area contributed by atoms with Crippen molar-refractivity contribution in [2.45, 2.75) is 73.1 Å². The second-order valence-electron chi connectivity index (χ2n) is 6.15. The van der Waals surface area contributed by atoms with E-state index >= 15 is 0 Å². The fourth-order valence-corrected chi connectivity index (χ4v) is 7.56. The van der Waals surface area contributed by atoms with Crippen molar-refractivity contribution in [3.63, 3.8) is 0 Å². The van der Waals surface area contributed by atoms with E-state index in [1.807, 2.05) is 30.4 Å². The highest BCUT2D eigenvalue weighted by atomic mass is 32.2. The van der Waals surface area contributed by atoms with E-state index < -0.39 is 6.29 Å². The standard InChI is InChI=1S/C16H24O4S2/c1-4-18-14-11-12(15(20-14)19-13(17)10(2)3)22-16(21-11)8-6-5-7-9-16/h11-12,14-15H,2,4-9H2,1,3H3. The molecule has 4 nitrogen and oxygen atoms in total. The van der Waals surface area contributed by atoms with Crippen molar-refractivity contribution in [3.8, 4) is 0 Å². The van der Waals surface area contributed by atoms with Gasteiger partial charge in [-0.3, -0.25) is 0 Å². The molecule has 4 atom stereocenters. The number of esters is 1. The minimum atomic E-state index is -0.524. The fraction of sp³-hybridized carbons (Fsp3) is 0.812. The molecule has 0 aromatic carbocycles. The average Bonchev–Trinajstić information content (AvgIpc) is 2.98. The molecular formula is C16H24O4S2. The lowest BCUT2D eigenvalue weighted by Gasteiger charge is -2.33. The van der Waals surface area contributed by atoms with Crippen molar-refractivity contribution < 1.29 is 19.0 Å². The van der Waals surface area contributed by atoms with Crippen LogP contribution < -0.4 is 0 Å². The van der Waals surface area contributed by atoms with Gasteiger partial charge in [0.1, 0.15) is 0 Å². The summed E-state index contributed by atoms with van der Waals surface area (Å²) < 4.78 is 17.4. The van der Waals surface area contributed by atoms with Gasteiger partial charge in [-0.1, -0.05) is 25.8 Å². The summed E-state index contributed by atoms with van der Waals surface area (Å²) in [5, 5.41) is 0.397. The van der Waals surface area contributed by atoms with E-state index in [1.54, 1.807) is 6.92 Å². The van der Waals surface area contributed by atoms with Gasteiger partial charge in [0.05, 0.1) is 14.6 Å². The van der Waals surface area contributed by atoms with E-state index in [-0.39, 0.29) is 26.8 Å². The Labute approximate surface area is 140 Å². The third kappa shape index (κ3) is 3.21. The normalized spacial score (nSPS) is 36.3. The van der Waals surface area contributed by atoms with E-state index in [9.17, 15) is 4.79 Å². The molecule has 1 aliphatic carbocycles. The predicted molar refractivity (Wildman–Crippen MR) is 89.8 cm³/mol. The van der Waals surface area contributed by atoms with Gasteiger partial charge in [-0.2, -0.15) is 0 Å². The van der Waals surface area contributed by atoms with Gasteiger partial charge in [0.25, 0.3) is 0 Å². The molecule has 2 saturated heterocycles. The third-order valence-electron chi connectivity index (χ3n) is 4.35. The molecule has 0 bridgehead atoms. The van der Waals surface area contributed by atoms with Gasteiger partial charge in [0.15, 0.2) is 6.29 Å². The highest BCUT2D eigenvalue weighted by Gasteiger charge is 2.59. The van der Waals surface area contributed by atoms with Crippen LogP contribution >= 0.6 is 23.5 Å². The van der Waals surface area contributed by atoms with Crippen molar-refractivity contribution in [3.05, 3.63) is 12.2 Å². The van der Waals surface area contributed by atoms with Gasteiger partial charge in [0, 0.05) is 12.2 Å². The maximum absolute atomic E-state index is 11.9. The quantitative estimate of drug-likeness (QED) is 0.572. The zero-order valence-electron chi connectivity index (χ0n) is 13.2. The molecule has 2 heterocycles. The Kier molecular flexibility index (Phi) is 5.12. The van der Waals surface area contributed by atoms with Gasteiger partial charge in [0.2, 0.25) is 6.29 Å². The van der Waals surface area contributed by atoms with Gasteiger partial charge in [-0.15, -0.1) is 23.5 Å². The SMILES string of the molecule is C=C(C)C(=O)OC1OC(OCC)C2SC3(CCCCC3)SC12. The molecule has 0 aromatic heterocycles. The molecule has 6 heteroatoms. The van der Waals surface area contributed by atoms with Crippen LogP contribution in [0.3, 0.4) is 0 Å². The second kappa shape index (κ2) is 6.75. The highest BCUT2D eigenvalue weighted by Crippen LogP contribution is 2.63. The molecule has 124 valence electrons. The van der Waals surface area contributed by atoms with Crippen LogP contribution in [0.25, 0.3) is 0 Å². The number of ether oxygens (including phenoxy) is 3. The lowest BCUT2D eigenvalue weighted by Crippen LogP contribution is -2.29. The minimum absolute atomic E-state index is 0.156. The first-order valence-corrected chi connectivity index (χ1v) is 9.80. The van der Waals surface area contributed by atoms with Crippen LogP contribution in [-0.2, 0) is 19.0 Å². The molecule has 1 spiro atoms. The molecule has 1 saturated carbocycles. The summed E-state index contributed by atoms with van der Waals surface area (Å²) in [5.74, 6) is -0.379. The Morgan fingerprint density at radius 1 is 1.23 bits per heavy atom. The summed E-state index contributed by atoms with van der Waals surface area (Å²) in [4.78, 5) is 11.9. The second-order valence-corrected chi connectivity index (χ2v) is 9.53. The van der Waals surface area contributed by atoms with E-state index in [0.717, 1.165) is 0 Å². The zero-order valence-corrected chi connectivity index (χ0v) is 14.8. The van der Waals surface area contributed by atoms with Crippen molar-refractivity contribution in [1.82, 2.24) is 0 Å². The van der Waals surface area contributed by atoms with E-state index in [1.165, 1.54) is 32.1 Å². The number of hydrogen-bond donors (Lipinski definition) is 0. The molecular weight excluding hydrogens is 320 g/mol. The summed E-state index contributed by atoms with van der Waals surface area (Å²) >= 11 is 3.94. The Morgan fingerprint density at radius 2 is 1.86 bits per heavy atom. The van der Waals surface area contributed by atoms with Crippen LogP contribution in [0.2, 0.25) is 0 Å². The van der Waals surface area contributed by atoms with Gasteiger partial charge >= 0.3 is 5.97 Å². The first-order valence-electron chi connectivity index (χ1n) is 8.04. The number of hydrogen-bond acceptors (Lipinski definition) is 6. The predicted octanol–water partition coefficient (Wildman–Crippen LogP) is 3.70. The maximum Gasteiger partial charge on any atom is 0.335 e. The first-order chi connectivity index (χ1) is 10.5. The first kappa shape index (κ1) is 16.7. The number of carbonyl (C=O) groups is 1.